The van der Waals surface area contributed by atoms with Gasteiger partial charge in [-0.1, -0.05) is 44.2 Å². The van der Waals surface area contributed by atoms with Crippen molar-refractivity contribution in [3.05, 3.63) is 111 Å². The minimum atomic E-state index is -5.35. The van der Waals surface area contributed by atoms with Crippen LogP contribution in [0.15, 0.2) is 69.3 Å². The molecule has 4 aromatic carbocycles. The van der Waals surface area contributed by atoms with Crippen LogP contribution in [0.2, 0.25) is 0 Å². The number of hydrogen-bond acceptors (Lipinski definition) is 17. The van der Waals surface area contributed by atoms with Gasteiger partial charge in [0.25, 0.3) is 0 Å². The first-order valence-corrected chi connectivity index (χ1v) is 20.8. The van der Waals surface area contributed by atoms with Crippen LogP contribution in [-0.4, -0.2) is 65.4 Å². The number of ketones is 2. The van der Waals surface area contributed by atoms with Crippen LogP contribution in [0, 0.1) is 20.8 Å². The van der Waals surface area contributed by atoms with Crippen LogP contribution in [-0.2, 0) is 36.8 Å². The number of nitrogens with zero attached hydrogens (tertiary/aromatic N) is 3. The Morgan fingerprint density at radius 3 is 1.83 bits per heavy atom. The average molecular weight is 889 g/mol. The Hall–Kier alpha value is -2.64. The molecule has 0 unspecified atom stereocenters. The Labute approximate surface area is 406 Å². The standard InChI is InChI=1S/C36H34N6O11S3.3Na/c1-16(2)35-40-27(41-36(42-35)38-20-9-8-10-21(13-20)54(45,46)47)14-24-17(3)31(19(5)34(18(24)4)56(51,52)53)39-25-15-26(55(48,49)50)30(37)29-28(25)32(43)22-11-6-7-12-23(22)33(29)44;;;/h6-13,15-16,39H,14,37H2,1-5H3,(H,45,46,47)(H,48,49,50)(H,51,52,53)(H,38,40,41,42);;;/q;3*+1/p-3. The fraction of sp³-hybridized carbons (Fsp3) is 0.194. The van der Waals surface area contributed by atoms with Gasteiger partial charge in [0.1, 0.15) is 42.0 Å². The summed E-state index contributed by atoms with van der Waals surface area (Å²) in [7, 11) is -15.4. The predicted octanol–water partition coefficient (Wildman–Crippen LogP) is -4.92. The van der Waals surface area contributed by atoms with E-state index in [-0.39, 0.29) is 175 Å². The number of carbonyl (C=O) groups excluding carboxylic acids is 2. The molecule has 0 saturated carbocycles. The number of nitrogens with two attached hydrogens (primary N) is 1. The van der Waals surface area contributed by atoms with E-state index < -0.39 is 67.9 Å². The van der Waals surface area contributed by atoms with E-state index in [1.807, 2.05) is 0 Å². The van der Waals surface area contributed by atoms with Crippen molar-refractivity contribution in [3.8, 4) is 0 Å². The number of nitrogens with one attached hydrogen (secondary N) is 2. The second-order valence-electron chi connectivity index (χ2n) is 13.3. The molecule has 23 heteroatoms. The molecule has 0 aliphatic heterocycles. The molecule has 292 valence electrons. The van der Waals surface area contributed by atoms with Crippen molar-refractivity contribution in [2.45, 2.75) is 61.6 Å². The number of anilines is 5. The summed E-state index contributed by atoms with van der Waals surface area (Å²) >= 11 is 0. The Morgan fingerprint density at radius 2 is 1.29 bits per heavy atom. The Morgan fingerprint density at radius 1 is 0.695 bits per heavy atom. The molecule has 59 heavy (non-hydrogen) atoms. The van der Waals surface area contributed by atoms with E-state index in [0.717, 1.165) is 18.2 Å². The maximum atomic E-state index is 14.0. The number of benzene rings is 4. The largest absolute Gasteiger partial charge is 1.00 e. The molecule has 4 N–H and O–H groups in total. The maximum Gasteiger partial charge on any atom is 1.00 e. The van der Waals surface area contributed by atoms with Crippen molar-refractivity contribution in [3.63, 3.8) is 0 Å². The molecule has 0 radical (unpaired) electrons. The molecule has 1 heterocycles. The van der Waals surface area contributed by atoms with Gasteiger partial charge in [-0.3, -0.25) is 9.59 Å². The van der Waals surface area contributed by atoms with Crippen molar-refractivity contribution >= 4 is 70.6 Å². The Kier molecular flexibility index (Phi) is 16.1. The predicted molar refractivity (Wildman–Crippen MR) is 198 cm³/mol. The molecular weight excluding hydrogens is 858 g/mol. The van der Waals surface area contributed by atoms with Crippen LogP contribution in [0.3, 0.4) is 0 Å². The topological polar surface area (TPSA) is 294 Å². The number of aromatic nitrogens is 3. The molecule has 1 aromatic heterocycles. The summed E-state index contributed by atoms with van der Waals surface area (Å²) in [5, 5.41) is 5.73. The van der Waals surface area contributed by atoms with Gasteiger partial charge in [0.05, 0.1) is 37.2 Å². The normalized spacial score (nSPS) is 12.4. The SMILES string of the molecule is Cc1c(Cc2nc(Nc3cccc(S(=O)(=O)[O-])c3)nc(C(C)C)n2)c(C)c(S(=O)(=O)[O-])c(C)c1Nc1cc(S(=O)(=O)[O-])c(N)c2c1C(=O)c1ccccc1C2=O.[Na+].[Na+].[Na+]. The van der Waals surface area contributed by atoms with Gasteiger partial charge in [-0.15, -0.1) is 0 Å². The van der Waals surface area contributed by atoms with E-state index in [2.05, 4.69) is 25.6 Å². The summed E-state index contributed by atoms with van der Waals surface area (Å²) in [5.74, 6) is -1.58. The molecule has 1 aliphatic rings. The summed E-state index contributed by atoms with van der Waals surface area (Å²) < 4.78 is 111. The Bertz CT molecular complexity index is 2900. The van der Waals surface area contributed by atoms with Gasteiger partial charge in [-0.25, -0.2) is 30.2 Å². The zero-order chi connectivity index (χ0) is 41.2. The number of nitrogen functional groups attached to an aromatic ring is 1. The third kappa shape index (κ3) is 10.2. The van der Waals surface area contributed by atoms with Crippen LogP contribution in [0.5, 0.6) is 0 Å². The molecular formula is C36H31N6Na3O11S3. The first-order valence-electron chi connectivity index (χ1n) is 16.5. The molecule has 0 amide bonds. The van der Waals surface area contributed by atoms with Gasteiger partial charge in [-0.05, 0) is 67.3 Å². The minimum absolute atomic E-state index is 0. The van der Waals surface area contributed by atoms with Crippen LogP contribution >= 0.6 is 0 Å². The van der Waals surface area contributed by atoms with Crippen LogP contribution in [0.1, 0.15) is 85.5 Å². The van der Waals surface area contributed by atoms with Gasteiger partial charge in [0.15, 0.2) is 11.6 Å². The van der Waals surface area contributed by atoms with Crippen molar-refractivity contribution in [1.29, 1.82) is 0 Å². The fourth-order valence-corrected chi connectivity index (χ4v) is 8.78. The molecule has 17 nitrogen and oxygen atoms in total. The second kappa shape index (κ2) is 18.8. The van der Waals surface area contributed by atoms with Crippen molar-refractivity contribution < 1.29 is 137 Å². The molecule has 0 bridgehead atoms. The average Bonchev–Trinajstić information content (AvgIpc) is 3.09. The van der Waals surface area contributed by atoms with Gasteiger partial charge in [-0.2, -0.15) is 9.97 Å². The van der Waals surface area contributed by atoms with E-state index >= 15 is 0 Å². The van der Waals surface area contributed by atoms with Crippen molar-refractivity contribution in [1.82, 2.24) is 15.0 Å². The molecule has 0 fully saturated rings. The molecule has 0 atom stereocenters. The summed E-state index contributed by atoms with van der Waals surface area (Å²) in [6.45, 7) is 7.83. The van der Waals surface area contributed by atoms with E-state index in [0.29, 0.717) is 0 Å². The number of carbonyl (C=O) groups is 2. The van der Waals surface area contributed by atoms with Crippen LogP contribution in [0.4, 0.5) is 28.7 Å². The van der Waals surface area contributed by atoms with E-state index in [9.17, 15) is 48.5 Å². The van der Waals surface area contributed by atoms with Crippen molar-refractivity contribution in [2.75, 3.05) is 16.4 Å². The summed E-state index contributed by atoms with van der Waals surface area (Å²) in [5.41, 5.74) is 4.42. The second-order valence-corrected chi connectivity index (χ2v) is 17.3. The van der Waals surface area contributed by atoms with Gasteiger partial charge in [0.2, 0.25) is 5.95 Å². The smallest absolute Gasteiger partial charge is 0.744 e. The summed E-state index contributed by atoms with van der Waals surface area (Å²) in [6, 6.07) is 11.5. The maximum absolute atomic E-state index is 14.0. The van der Waals surface area contributed by atoms with Gasteiger partial charge < -0.3 is 30.0 Å². The van der Waals surface area contributed by atoms with Crippen LogP contribution in [0.25, 0.3) is 0 Å². The fourth-order valence-electron chi connectivity index (χ4n) is 6.65. The molecule has 0 spiro atoms. The van der Waals surface area contributed by atoms with Crippen molar-refractivity contribution in [2.24, 2.45) is 0 Å². The van der Waals surface area contributed by atoms with Crippen LogP contribution < -0.4 is 105 Å². The Balaban J connectivity index is 0.00000310. The zero-order valence-corrected chi connectivity index (χ0v) is 41.6. The number of hydrogen-bond donors (Lipinski definition) is 3. The molecule has 1 aliphatic carbocycles. The third-order valence-corrected chi connectivity index (χ3v) is 12.1. The minimum Gasteiger partial charge on any atom is -0.744 e. The quantitative estimate of drug-likeness (QED) is 0.0660. The molecule has 6 rings (SSSR count). The van der Waals surface area contributed by atoms with Gasteiger partial charge in [0, 0.05) is 34.8 Å². The zero-order valence-electron chi connectivity index (χ0n) is 33.1. The monoisotopic (exact) mass is 888 g/mol. The van der Waals surface area contributed by atoms with E-state index in [1.54, 1.807) is 20.8 Å². The first kappa shape index (κ1) is 50.7. The van der Waals surface area contributed by atoms with Gasteiger partial charge >= 0.3 is 88.7 Å². The summed E-state index contributed by atoms with van der Waals surface area (Å²) in [4.78, 5) is 38.9. The third-order valence-electron chi connectivity index (χ3n) is 9.24. The van der Waals surface area contributed by atoms with E-state index in [4.69, 9.17) is 5.73 Å². The molecule has 0 saturated heterocycles. The number of rotatable bonds is 10. The number of fused-ring (bicyclic) bond motifs is 2. The first-order chi connectivity index (χ1) is 26.0. The van der Waals surface area contributed by atoms with E-state index in [1.165, 1.54) is 50.2 Å². The molecule has 5 aromatic rings. The summed E-state index contributed by atoms with van der Waals surface area (Å²) in [6.07, 6.45) is -0.230.